The molecule has 0 aliphatic carbocycles. The van der Waals surface area contributed by atoms with Crippen molar-refractivity contribution in [2.45, 2.75) is 19.4 Å². The zero-order valence-electron chi connectivity index (χ0n) is 11.1. The number of furan rings is 1. The molecule has 0 saturated carbocycles. The number of rotatable bonds is 6. The molecule has 1 aromatic heterocycles. The highest BCUT2D eigenvalue weighted by Crippen LogP contribution is 2.17. The molecule has 0 bridgehead atoms. The minimum Gasteiger partial charge on any atom is -0.486 e. The van der Waals surface area contributed by atoms with Crippen LogP contribution >= 0.6 is 0 Å². The second-order valence-electron chi connectivity index (χ2n) is 4.30. The van der Waals surface area contributed by atoms with Crippen LogP contribution in [0, 0.1) is 5.82 Å². The van der Waals surface area contributed by atoms with Crippen LogP contribution in [0.3, 0.4) is 0 Å². The van der Waals surface area contributed by atoms with E-state index in [1.807, 2.05) is 6.92 Å². The fourth-order valence-electron chi connectivity index (χ4n) is 1.69. The largest absolute Gasteiger partial charge is 0.486 e. The molecule has 0 spiro atoms. The van der Waals surface area contributed by atoms with E-state index >= 15 is 0 Å². The lowest BCUT2D eigenvalue weighted by molar-refractivity contribution is 0.0924. The van der Waals surface area contributed by atoms with E-state index in [-0.39, 0.29) is 17.8 Å². The number of ether oxygens (including phenoxy) is 1. The number of para-hydroxylation sites is 1. The summed E-state index contributed by atoms with van der Waals surface area (Å²) in [6.07, 6.45) is 3.17. The van der Waals surface area contributed by atoms with Crippen LogP contribution in [0.5, 0.6) is 5.75 Å². The van der Waals surface area contributed by atoms with Gasteiger partial charge >= 0.3 is 0 Å². The summed E-state index contributed by atoms with van der Waals surface area (Å²) in [5, 5.41) is 2.73. The molecule has 106 valence electrons. The van der Waals surface area contributed by atoms with Gasteiger partial charge in [0.05, 0.1) is 18.4 Å². The predicted molar refractivity (Wildman–Crippen MR) is 72.1 cm³/mol. The third-order valence-electron chi connectivity index (χ3n) is 2.86. The van der Waals surface area contributed by atoms with Crippen molar-refractivity contribution in [3.05, 3.63) is 54.2 Å². The summed E-state index contributed by atoms with van der Waals surface area (Å²) in [7, 11) is 0. The van der Waals surface area contributed by atoms with E-state index < -0.39 is 5.82 Å². The minimum absolute atomic E-state index is 0.192. The van der Waals surface area contributed by atoms with Gasteiger partial charge in [-0.2, -0.15) is 0 Å². The normalized spacial score (nSPS) is 11.9. The number of amides is 1. The molecule has 1 atom stereocenters. The Morgan fingerprint density at radius 2 is 2.20 bits per heavy atom. The van der Waals surface area contributed by atoms with Crippen molar-refractivity contribution in [2.24, 2.45) is 0 Å². The standard InChI is InChI=1S/C15H16FNO3/c1-2-12(20-14-6-4-3-5-13(14)16)9-17-15(18)11-7-8-19-10-11/h3-8,10,12H,2,9H2,1H3,(H,17,18)/t12-/m1/s1. The number of hydrogen-bond acceptors (Lipinski definition) is 3. The van der Waals surface area contributed by atoms with Gasteiger partial charge < -0.3 is 14.5 Å². The number of carbonyl (C=O) groups is 1. The van der Waals surface area contributed by atoms with Crippen LogP contribution in [0.15, 0.2) is 47.3 Å². The summed E-state index contributed by atoms with van der Waals surface area (Å²) >= 11 is 0. The van der Waals surface area contributed by atoms with E-state index in [1.165, 1.54) is 18.6 Å². The van der Waals surface area contributed by atoms with Crippen LogP contribution in [0.4, 0.5) is 4.39 Å². The number of benzene rings is 1. The maximum absolute atomic E-state index is 13.5. The average molecular weight is 277 g/mol. The van der Waals surface area contributed by atoms with Crippen molar-refractivity contribution in [2.75, 3.05) is 6.54 Å². The van der Waals surface area contributed by atoms with Gasteiger partial charge in [-0.15, -0.1) is 0 Å². The average Bonchev–Trinajstić information content (AvgIpc) is 2.99. The van der Waals surface area contributed by atoms with Crippen LogP contribution in [-0.2, 0) is 0 Å². The molecule has 1 amide bonds. The Morgan fingerprint density at radius 3 is 2.85 bits per heavy atom. The Hall–Kier alpha value is -2.30. The number of halogens is 1. The Balaban J connectivity index is 1.90. The van der Waals surface area contributed by atoms with Gasteiger partial charge in [-0.1, -0.05) is 19.1 Å². The van der Waals surface area contributed by atoms with Crippen molar-refractivity contribution in [3.8, 4) is 5.75 Å². The molecular formula is C15H16FNO3. The zero-order chi connectivity index (χ0) is 14.4. The highest BCUT2D eigenvalue weighted by atomic mass is 19.1. The smallest absolute Gasteiger partial charge is 0.254 e. The van der Waals surface area contributed by atoms with Crippen molar-refractivity contribution >= 4 is 5.91 Å². The minimum atomic E-state index is -0.410. The van der Waals surface area contributed by atoms with Crippen LogP contribution in [-0.4, -0.2) is 18.6 Å². The van der Waals surface area contributed by atoms with E-state index in [0.29, 0.717) is 18.5 Å². The summed E-state index contributed by atoms with van der Waals surface area (Å²) in [5.74, 6) is -0.460. The molecular weight excluding hydrogens is 261 g/mol. The first-order chi connectivity index (χ1) is 9.70. The summed E-state index contributed by atoms with van der Waals surface area (Å²) in [6, 6.07) is 7.79. The van der Waals surface area contributed by atoms with Crippen LogP contribution < -0.4 is 10.1 Å². The van der Waals surface area contributed by atoms with Crippen LogP contribution in [0.1, 0.15) is 23.7 Å². The molecule has 0 radical (unpaired) electrons. The maximum Gasteiger partial charge on any atom is 0.254 e. The molecule has 2 rings (SSSR count). The van der Waals surface area contributed by atoms with Crippen molar-refractivity contribution in [1.82, 2.24) is 5.32 Å². The van der Waals surface area contributed by atoms with Crippen LogP contribution in [0.2, 0.25) is 0 Å². The molecule has 20 heavy (non-hydrogen) atoms. The molecule has 2 aromatic rings. The quantitative estimate of drug-likeness (QED) is 0.883. The number of nitrogens with one attached hydrogen (secondary N) is 1. The third kappa shape index (κ3) is 3.60. The summed E-state index contributed by atoms with van der Waals surface area (Å²) in [4.78, 5) is 11.7. The lowest BCUT2D eigenvalue weighted by Crippen LogP contribution is -2.35. The number of hydrogen-bond donors (Lipinski definition) is 1. The molecule has 5 heteroatoms. The Morgan fingerprint density at radius 1 is 1.40 bits per heavy atom. The van der Waals surface area contributed by atoms with Gasteiger partial charge in [-0.25, -0.2) is 4.39 Å². The summed E-state index contributed by atoms with van der Waals surface area (Å²) in [6.45, 7) is 2.21. The van der Waals surface area contributed by atoms with Crippen LogP contribution in [0.25, 0.3) is 0 Å². The first kappa shape index (κ1) is 14.1. The Labute approximate surface area is 116 Å². The third-order valence-corrected chi connectivity index (χ3v) is 2.86. The molecule has 0 fully saturated rings. The van der Waals surface area contributed by atoms with Gasteiger partial charge in [0.15, 0.2) is 11.6 Å². The number of carbonyl (C=O) groups excluding carboxylic acids is 1. The van der Waals surface area contributed by atoms with E-state index in [9.17, 15) is 9.18 Å². The molecule has 1 heterocycles. The monoisotopic (exact) mass is 277 g/mol. The second kappa shape index (κ2) is 6.75. The highest BCUT2D eigenvalue weighted by Gasteiger charge is 2.13. The van der Waals surface area contributed by atoms with Gasteiger partial charge in [0.1, 0.15) is 12.4 Å². The van der Waals surface area contributed by atoms with Gasteiger partial charge in [-0.05, 0) is 24.6 Å². The molecule has 1 N–H and O–H groups in total. The molecule has 0 aliphatic rings. The molecule has 0 aliphatic heterocycles. The summed E-state index contributed by atoms with van der Waals surface area (Å²) < 4.78 is 23.9. The topological polar surface area (TPSA) is 51.5 Å². The molecule has 4 nitrogen and oxygen atoms in total. The van der Waals surface area contributed by atoms with Gasteiger partial charge in [0, 0.05) is 0 Å². The van der Waals surface area contributed by atoms with Crippen molar-refractivity contribution < 1.29 is 18.3 Å². The molecule has 0 saturated heterocycles. The van der Waals surface area contributed by atoms with Crippen molar-refractivity contribution in [1.29, 1.82) is 0 Å². The van der Waals surface area contributed by atoms with E-state index in [1.54, 1.807) is 24.3 Å². The molecule has 1 aromatic carbocycles. The molecule has 0 unspecified atom stereocenters. The van der Waals surface area contributed by atoms with E-state index in [2.05, 4.69) is 5.32 Å². The Kier molecular flexibility index (Phi) is 4.76. The summed E-state index contributed by atoms with van der Waals surface area (Å²) in [5.41, 5.74) is 0.450. The van der Waals surface area contributed by atoms with Gasteiger partial charge in [0.2, 0.25) is 0 Å². The van der Waals surface area contributed by atoms with E-state index in [4.69, 9.17) is 9.15 Å². The van der Waals surface area contributed by atoms with Crippen molar-refractivity contribution in [3.63, 3.8) is 0 Å². The zero-order valence-corrected chi connectivity index (χ0v) is 11.1. The first-order valence-corrected chi connectivity index (χ1v) is 6.42. The first-order valence-electron chi connectivity index (χ1n) is 6.42. The lowest BCUT2D eigenvalue weighted by atomic mass is 10.2. The predicted octanol–water partition coefficient (Wildman–Crippen LogP) is 3.01. The van der Waals surface area contributed by atoms with Gasteiger partial charge in [0.25, 0.3) is 5.91 Å². The lowest BCUT2D eigenvalue weighted by Gasteiger charge is -2.18. The highest BCUT2D eigenvalue weighted by molar-refractivity contribution is 5.93. The second-order valence-corrected chi connectivity index (χ2v) is 4.30. The van der Waals surface area contributed by atoms with Gasteiger partial charge in [-0.3, -0.25) is 4.79 Å². The van der Waals surface area contributed by atoms with E-state index in [0.717, 1.165) is 0 Å². The maximum atomic E-state index is 13.5. The Bertz CT molecular complexity index is 554. The fourth-order valence-corrected chi connectivity index (χ4v) is 1.69. The fraction of sp³-hybridized carbons (Fsp3) is 0.267. The SMILES string of the molecule is CC[C@H](CNC(=O)c1ccoc1)Oc1ccccc1F.